The molecule has 1 aliphatic heterocycles. The first kappa shape index (κ1) is 24.2. The number of anilines is 1. The van der Waals surface area contributed by atoms with E-state index in [4.69, 9.17) is 9.26 Å². The number of nitrogens with zero attached hydrogens (tertiary/aromatic N) is 3. The predicted octanol–water partition coefficient (Wildman–Crippen LogP) is 6.46. The van der Waals surface area contributed by atoms with E-state index >= 15 is 0 Å². The van der Waals surface area contributed by atoms with Gasteiger partial charge in [-0.25, -0.2) is 9.18 Å². The van der Waals surface area contributed by atoms with E-state index in [9.17, 15) is 9.18 Å². The van der Waals surface area contributed by atoms with Crippen molar-refractivity contribution in [2.75, 3.05) is 12.0 Å². The summed E-state index contributed by atoms with van der Waals surface area (Å²) in [4.78, 5) is 19.6. The van der Waals surface area contributed by atoms with Gasteiger partial charge >= 0.3 is 6.03 Å². The van der Waals surface area contributed by atoms with Gasteiger partial charge in [-0.1, -0.05) is 54.0 Å². The van der Waals surface area contributed by atoms with Crippen molar-refractivity contribution >= 4 is 17.3 Å². The molecule has 0 fully saturated rings. The summed E-state index contributed by atoms with van der Waals surface area (Å²) in [6.45, 7) is 5.94. The van der Waals surface area contributed by atoms with Gasteiger partial charge < -0.3 is 14.6 Å². The number of rotatable bonds is 6. The number of halogens is 1. The quantitative estimate of drug-likeness (QED) is 0.330. The van der Waals surface area contributed by atoms with Crippen LogP contribution in [0.1, 0.15) is 42.5 Å². The Labute approximate surface area is 214 Å². The zero-order valence-electron chi connectivity index (χ0n) is 21.1. The fourth-order valence-electron chi connectivity index (χ4n) is 4.51. The average molecular weight is 499 g/mol. The molecule has 1 aromatic heterocycles. The number of allylic oxidation sites excluding steroid dienone is 1. The monoisotopic (exact) mass is 498 g/mol. The van der Waals surface area contributed by atoms with E-state index in [1.807, 2.05) is 62.4 Å². The minimum atomic E-state index is -0.522. The Balaban J connectivity index is 1.64. The topological polar surface area (TPSA) is 80.5 Å². The second-order valence-corrected chi connectivity index (χ2v) is 8.92. The molecule has 0 radical (unpaired) electrons. The molecule has 4 aromatic rings. The Morgan fingerprint density at radius 2 is 1.86 bits per heavy atom. The molecule has 0 aliphatic carbocycles. The lowest BCUT2D eigenvalue weighted by atomic mass is 9.94. The minimum absolute atomic E-state index is 0.130. The molecule has 7 nitrogen and oxygen atoms in total. The van der Waals surface area contributed by atoms with Gasteiger partial charge in [0, 0.05) is 11.3 Å². The van der Waals surface area contributed by atoms with Gasteiger partial charge in [0.15, 0.2) is 11.6 Å². The molecule has 2 heterocycles. The van der Waals surface area contributed by atoms with E-state index in [2.05, 4.69) is 22.4 Å². The number of urea groups is 1. The predicted molar refractivity (Wildman–Crippen MR) is 140 cm³/mol. The Kier molecular flexibility index (Phi) is 6.48. The SMILES string of the molecule is CCc1cccc(N2C(=O)NC(c3ccc(C)cc3)C(c3nc(-c4ccc(OC)c(F)c4)no3)=C2C)c1. The van der Waals surface area contributed by atoms with Gasteiger partial charge in [-0.05, 0) is 61.7 Å². The first-order valence-corrected chi connectivity index (χ1v) is 12.0. The number of carbonyl (C=O) groups excluding carboxylic acids is 1. The van der Waals surface area contributed by atoms with E-state index in [1.165, 1.54) is 19.2 Å². The van der Waals surface area contributed by atoms with Crippen molar-refractivity contribution in [3.63, 3.8) is 0 Å². The Morgan fingerprint density at radius 1 is 1.08 bits per heavy atom. The van der Waals surface area contributed by atoms with Crippen LogP contribution in [-0.4, -0.2) is 23.3 Å². The molecule has 0 saturated heterocycles. The van der Waals surface area contributed by atoms with Crippen LogP contribution in [0.4, 0.5) is 14.9 Å². The van der Waals surface area contributed by atoms with E-state index in [0.717, 1.165) is 28.8 Å². The van der Waals surface area contributed by atoms with E-state index < -0.39 is 11.9 Å². The zero-order valence-corrected chi connectivity index (χ0v) is 21.1. The van der Waals surface area contributed by atoms with Crippen molar-refractivity contribution in [3.8, 4) is 17.1 Å². The van der Waals surface area contributed by atoms with Crippen LogP contribution >= 0.6 is 0 Å². The molecule has 2 amide bonds. The summed E-state index contributed by atoms with van der Waals surface area (Å²) in [5.41, 5.74) is 5.62. The molecule has 1 aliphatic rings. The second kappa shape index (κ2) is 9.89. The summed E-state index contributed by atoms with van der Waals surface area (Å²) in [6, 6.07) is 19.5. The maximum atomic E-state index is 14.3. The first-order valence-electron chi connectivity index (χ1n) is 12.0. The van der Waals surface area contributed by atoms with E-state index in [-0.39, 0.29) is 23.5 Å². The molecule has 0 saturated carbocycles. The van der Waals surface area contributed by atoms with Gasteiger partial charge in [-0.3, -0.25) is 4.90 Å². The summed E-state index contributed by atoms with van der Waals surface area (Å²) < 4.78 is 25.1. The highest BCUT2D eigenvalue weighted by Gasteiger charge is 2.36. The molecule has 5 rings (SSSR count). The number of nitrogens with one attached hydrogen (secondary N) is 1. The van der Waals surface area contributed by atoms with Crippen molar-refractivity contribution in [1.82, 2.24) is 15.5 Å². The lowest BCUT2D eigenvalue weighted by Gasteiger charge is -2.35. The third kappa shape index (κ3) is 4.58. The molecule has 37 heavy (non-hydrogen) atoms. The van der Waals surface area contributed by atoms with Crippen molar-refractivity contribution in [2.45, 2.75) is 33.2 Å². The standard InChI is InChI=1S/C29H27FN4O3/c1-5-19-7-6-8-22(15-19)34-18(3)25(26(31-29(34)35)20-11-9-17(2)10-12-20)28-32-27(33-37-28)21-13-14-24(36-4)23(30)16-21/h6-16,26H,5H2,1-4H3,(H,31,35). The van der Waals surface area contributed by atoms with Crippen LogP contribution in [0.15, 0.2) is 77.0 Å². The van der Waals surface area contributed by atoms with Crippen LogP contribution < -0.4 is 15.0 Å². The van der Waals surface area contributed by atoms with Crippen LogP contribution in [0, 0.1) is 12.7 Å². The molecule has 0 bridgehead atoms. The number of amides is 2. The van der Waals surface area contributed by atoms with Crippen LogP contribution in [-0.2, 0) is 6.42 Å². The number of hydrogen-bond donors (Lipinski definition) is 1. The summed E-state index contributed by atoms with van der Waals surface area (Å²) in [5, 5.41) is 7.24. The van der Waals surface area contributed by atoms with Crippen molar-refractivity contribution in [2.24, 2.45) is 0 Å². The highest BCUT2D eigenvalue weighted by molar-refractivity contribution is 6.01. The van der Waals surface area contributed by atoms with Crippen molar-refractivity contribution in [3.05, 3.63) is 101 Å². The molecular weight excluding hydrogens is 471 g/mol. The van der Waals surface area contributed by atoms with Gasteiger partial charge in [0.25, 0.3) is 5.89 Å². The van der Waals surface area contributed by atoms with Gasteiger partial charge in [0.05, 0.1) is 24.4 Å². The number of hydrogen-bond acceptors (Lipinski definition) is 5. The number of ether oxygens (including phenoxy) is 1. The smallest absolute Gasteiger partial charge is 0.326 e. The second-order valence-electron chi connectivity index (χ2n) is 8.92. The Hall–Kier alpha value is -4.46. The highest BCUT2D eigenvalue weighted by Crippen LogP contribution is 2.39. The van der Waals surface area contributed by atoms with E-state index in [0.29, 0.717) is 16.8 Å². The molecule has 1 unspecified atom stereocenters. The summed E-state index contributed by atoms with van der Waals surface area (Å²) in [6.07, 6.45) is 0.844. The number of carbonyl (C=O) groups is 1. The summed E-state index contributed by atoms with van der Waals surface area (Å²) in [7, 11) is 1.41. The molecule has 8 heteroatoms. The molecule has 188 valence electrons. The van der Waals surface area contributed by atoms with Crippen LogP contribution in [0.5, 0.6) is 5.75 Å². The minimum Gasteiger partial charge on any atom is -0.494 e. The molecule has 3 aromatic carbocycles. The maximum Gasteiger partial charge on any atom is 0.326 e. The third-order valence-electron chi connectivity index (χ3n) is 6.54. The molecule has 0 spiro atoms. The average Bonchev–Trinajstić information content (AvgIpc) is 3.38. The lowest BCUT2D eigenvalue weighted by molar-refractivity contribution is 0.244. The Morgan fingerprint density at radius 3 is 2.57 bits per heavy atom. The summed E-state index contributed by atoms with van der Waals surface area (Å²) >= 11 is 0. The molecule has 1 atom stereocenters. The largest absolute Gasteiger partial charge is 0.494 e. The van der Waals surface area contributed by atoms with Crippen molar-refractivity contribution in [1.29, 1.82) is 0 Å². The van der Waals surface area contributed by atoms with Gasteiger partial charge in [-0.2, -0.15) is 4.98 Å². The van der Waals surface area contributed by atoms with Gasteiger partial charge in [-0.15, -0.1) is 0 Å². The first-order chi connectivity index (χ1) is 17.9. The number of methoxy groups -OCH3 is 1. The highest BCUT2D eigenvalue weighted by atomic mass is 19.1. The fourth-order valence-corrected chi connectivity index (χ4v) is 4.51. The van der Waals surface area contributed by atoms with Crippen LogP contribution in [0.3, 0.4) is 0 Å². The lowest BCUT2D eigenvalue weighted by Crippen LogP contribution is -2.46. The van der Waals surface area contributed by atoms with Gasteiger partial charge in [0.1, 0.15) is 0 Å². The van der Waals surface area contributed by atoms with Gasteiger partial charge in [0.2, 0.25) is 5.82 Å². The summed E-state index contributed by atoms with van der Waals surface area (Å²) in [5.74, 6) is 0.0819. The third-order valence-corrected chi connectivity index (χ3v) is 6.54. The number of aryl methyl sites for hydroxylation is 2. The molecular formula is C29H27FN4O3. The zero-order chi connectivity index (χ0) is 26.1. The number of aromatic nitrogens is 2. The van der Waals surface area contributed by atoms with Crippen LogP contribution in [0.2, 0.25) is 0 Å². The van der Waals surface area contributed by atoms with E-state index in [1.54, 1.807) is 11.0 Å². The maximum absolute atomic E-state index is 14.3. The van der Waals surface area contributed by atoms with Crippen molar-refractivity contribution < 1.29 is 18.4 Å². The number of benzene rings is 3. The fraction of sp³-hybridized carbons (Fsp3) is 0.207. The normalized spacial score (nSPS) is 15.6. The van der Waals surface area contributed by atoms with Crippen LogP contribution in [0.25, 0.3) is 17.0 Å². The Bertz CT molecular complexity index is 1490. The molecule has 1 N–H and O–H groups in total.